The van der Waals surface area contributed by atoms with E-state index in [1.807, 2.05) is 24.3 Å². The van der Waals surface area contributed by atoms with Crippen LogP contribution < -0.4 is 11.1 Å². The number of nitrogen functional groups attached to an aromatic ring is 1. The Hall–Kier alpha value is -2.87. The molecule has 5 heteroatoms. The van der Waals surface area contributed by atoms with Gasteiger partial charge in [-0.05, 0) is 36.2 Å². The number of aryl methyl sites for hydroxylation is 1. The molecule has 1 amide bonds. The minimum Gasteiger partial charge on any atom is -0.399 e. The van der Waals surface area contributed by atoms with Gasteiger partial charge in [0.25, 0.3) is 0 Å². The van der Waals surface area contributed by atoms with Crippen LogP contribution in [-0.4, -0.2) is 5.91 Å². The van der Waals surface area contributed by atoms with Crippen molar-refractivity contribution in [3.8, 4) is 6.07 Å². The summed E-state index contributed by atoms with van der Waals surface area (Å²) in [5, 5.41) is 11.1. The molecule has 3 N–H and O–H groups in total. The largest absolute Gasteiger partial charge is 0.399 e. The summed E-state index contributed by atoms with van der Waals surface area (Å²) in [5.74, 6) is -0.927. The van der Waals surface area contributed by atoms with E-state index in [0.717, 1.165) is 11.6 Å². The molecule has 0 atom stereocenters. The van der Waals surface area contributed by atoms with Gasteiger partial charge in [-0.2, -0.15) is 5.26 Å². The highest BCUT2D eigenvalue weighted by Gasteiger charge is 2.09. The number of nitriles is 1. The zero-order valence-corrected chi connectivity index (χ0v) is 11.3. The monoisotopic (exact) mass is 283 g/mol. The van der Waals surface area contributed by atoms with E-state index in [-0.39, 0.29) is 23.6 Å². The summed E-state index contributed by atoms with van der Waals surface area (Å²) < 4.78 is 13.6. The standard InChI is InChI=1S/C16H14FN3O/c17-13-9-11(10-18)5-7-15(13)20-16(21)8-6-12-3-1-2-4-14(12)19/h1-5,7,9H,6,8,19H2,(H,20,21). The van der Waals surface area contributed by atoms with Crippen LogP contribution in [0.25, 0.3) is 0 Å². The Morgan fingerprint density at radius 2 is 2.05 bits per heavy atom. The minimum atomic E-state index is -0.623. The maximum absolute atomic E-state index is 13.6. The van der Waals surface area contributed by atoms with E-state index in [1.54, 1.807) is 6.07 Å². The molecule has 0 radical (unpaired) electrons. The molecule has 21 heavy (non-hydrogen) atoms. The predicted molar refractivity (Wildman–Crippen MR) is 78.9 cm³/mol. The number of rotatable bonds is 4. The van der Waals surface area contributed by atoms with Gasteiger partial charge >= 0.3 is 0 Å². The lowest BCUT2D eigenvalue weighted by Gasteiger charge is -2.08. The van der Waals surface area contributed by atoms with Crippen LogP contribution in [0.2, 0.25) is 0 Å². The molecule has 0 unspecified atom stereocenters. The van der Waals surface area contributed by atoms with Crippen molar-refractivity contribution in [2.45, 2.75) is 12.8 Å². The molecule has 2 aromatic carbocycles. The molecule has 0 aliphatic rings. The van der Waals surface area contributed by atoms with Gasteiger partial charge < -0.3 is 11.1 Å². The first-order valence-electron chi connectivity index (χ1n) is 6.43. The van der Waals surface area contributed by atoms with Gasteiger partial charge in [0.15, 0.2) is 0 Å². The lowest BCUT2D eigenvalue weighted by atomic mass is 10.1. The molecule has 0 saturated carbocycles. The number of hydrogen-bond acceptors (Lipinski definition) is 3. The highest BCUT2D eigenvalue weighted by atomic mass is 19.1. The van der Waals surface area contributed by atoms with E-state index in [4.69, 9.17) is 11.0 Å². The number of hydrogen-bond donors (Lipinski definition) is 2. The van der Waals surface area contributed by atoms with E-state index in [1.165, 1.54) is 12.1 Å². The van der Waals surface area contributed by atoms with Gasteiger partial charge in [0.2, 0.25) is 5.91 Å². The first-order valence-corrected chi connectivity index (χ1v) is 6.43. The van der Waals surface area contributed by atoms with E-state index in [9.17, 15) is 9.18 Å². The lowest BCUT2D eigenvalue weighted by Crippen LogP contribution is -2.13. The van der Waals surface area contributed by atoms with Crippen molar-refractivity contribution in [1.29, 1.82) is 5.26 Å². The van der Waals surface area contributed by atoms with Crippen LogP contribution in [-0.2, 0) is 11.2 Å². The van der Waals surface area contributed by atoms with Crippen molar-refractivity contribution in [3.63, 3.8) is 0 Å². The molecule has 0 aliphatic carbocycles. The number of carbonyl (C=O) groups is 1. The predicted octanol–water partition coefficient (Wildman–Crippen LogP) is 2.85. The highest BCUT2D eigenvalue weighted by molar-refractivity contribution is 5.91. The maximum Gasteiger partial charge on any atom is 0.224 e. The number of halogens is 1. The highest BCUT2D eigenvalue weighted by Crippen LogP contribution is 2.17. The Labute approximate surface area is 122 Å². The van der Waals surface area contributed by atoms with Crippen molar-refractivity contribution in [1.82, 2.24) is 0 Å². The van der Waals surface area contributed by atoms with Gasteiger partial charge in [0.05, 0.1) is 17.3 Å². The molecular weight excluding hydrogens is 269 g/mol. The molecule has 0 aliphatic heterocycles. The average Bonchev–Trinajstić information content (AvgIpc) is 2.48. The molecule has 0 aromatic heterocycles. The summed E-state index contributed by atoms with van der Waals surface area (Å²) in [5.41, 5.74) is 7.59. The van der Waals surface area contributed by atoms with Gasteiger partial charge in [0.1, 0.15) is 5.82 Å². The summed E-state index contributed by atoms with van der Waals surface area (Å²) in [4.78, 5) is 11.8. The topological polar surface area (TPSA) is 78.9 Å². The van der Waals surface area contributed by atoms with E-state index < -0.39 is 5.82 Å². The third-order valence-electron chi connectivity index (χ3n) is 3.05. The van der Waals surface area contributed by atoms with Gasteiger partial charge in [-0.15, -0.1) is 0 Å². The van der Waals surface area contributed by atoms with Crippen LogP contribution in [0.15, 0.2) is 42.5 Å². The number of anilines is 2. The van der Waals surface area contributed by atoms with Crippen LogP contribution in [0.1, 0.15) is 17.5 Å². The third-order valence-corrected chi connectivity index (χ3v) is 3.05. The molecule has 4 nitrogen and oxygen atoms in total. The van der Waals surface area contributed by atoms with Gasteiger partial charge in [-0.25, -0.2) is 4.39 Å². The zero-order chi connectivity index (χ0) is 15.2. The first-order chi connectivity index (χ1) is 10.1. The molecule has 2 aromatic rings. The summed E-state index contributed by atoms with van der Waals surface area (Å²) in [7, 11) is 0. The number of para-hydroxylation sites is 1. The Morgan fingerprint density at radius 1 is 1.29 bits per heavy atom. The van der Waals surface area contributed by atoms with Crippen LogP contribution in [0, 0.1) is 17.1 Å². The first kappa shape index (κ1) is 14.5. The second-order valence-corrected chi connectivity index (χ2v) is 4.55. The summed E-state index contributed by atoms with van der Waals surface area (Å²) in [6.45, 7) is 0. The second-order valence-electron chi connectivity index (χ2n) is 4.55. The molecule has 0 fully saturated rings. The summed E-state index contributed by atoms with van der Waals surface area (Å²) in [6, 6.07) is 13.1. The van der Waals surface area contributed by atoms with Gasteiger partial charge in [-0.3, -0.25) is 4.79 Å². The van der Waals surface area contributed by atoms with Crippen molar-refractivity contribution >= 4 is 17.3 Å². The number of nitrogens with one attached hydrogen (secondary N) is 1. The molecule has 0 saturated heterocycles. The Kier molecular flexibility index (Phi) is 4.52. The number of benzene rings is 2. The SMILES string of the molecule is N#Cc1ccc(NC(=O)CCc2ccccc2N)c(F)c1. The average molecular weight is 283 g/mol. The fourth-order valence-electron chi connectivity index (χ4n) is 1.91. The number of amides is 1. The molecule has 0 heterocycles. The number of nitrogens with zero attached hydrogens (tertiary/aromatic N) is 1. The fraction of sp³-hybridized carbons (Fsp3) is 0.125. The van der Waals surface area contributed by atoms with Crippen molar-refractivity contribution in [3.05, 3.63) is 59.4 Å². The summed E-state index contributed by atoms with van der Waals surface area (Å²) in [6.07, 6.45) is 0.685. The normalized spacial score (nSPS) is 9.90. The van der Waals surface area contributed by atoms with Gasteiger partial charge in [-0.1, -0.05) is 18.2 Å². The van der Waals surface area contributed by atoms with Crippen molar-refractivity contribution in [2.24, 2.45) is 0 Å². The molecule has 106 valence electrons. The van der Waals surface area contributed by atoms with Crippen LogP contribution in [0.3, 0.4) is 0 Å². The van der Waals surface area contributed by atoms with Crippen LogP contribution in [0.4, 0.5) is 15.8 Å². The Balaban J connectivity index is 1.96. The number of nitrogens with two attached hydrogens (primary N) is 1. The lowest BCUT2D eigenvalue weighted by molar-refractivity contribution is -0.116. The third kappa shape index (κ3) is 3.80. The second kappa shape index (κ2) is 6.53. The van der Waals surface area contributed by atoms with E-state index in [0.29, 0.717) is 12.1 Å². The molecular formula is C16H14FN3O. The Bertz CT molecular complexity index is 707. The molecule has 2 rings (SSSR count). The fourth-order valence-corrected chi connectivity index (χ4v) is 1.91. The van der Waals surface area contributed by atoms with E-state index >= 15 is 0 Å². The minimum absolute atomic E-state index is 0.0695. The Morgan fingerprint density at radius 3 is 2.71 bits per heavy atom. The number of carbonyl (C=O) groups excluding carboxylic acids is 1. The zero-order valence-electron chi connectivity index (χ0n) is 11.3. The molecule has 0 bridgehead atoms. The molecule has 0 spiro atoms. The van der Waals surface area contributed by atoms with Crippen LogP contribution >= 0.6 is 0 Å². The maximum atomic E-state index is 13.6. The van der Waals surface area contributed by atoms with Crippen molar-refractivity contribution in [2.75, 3.05) is 11.1 Å². The quantitative estimate of drug-likeness (QED) is 0.847. The van der Waals surface area contributed by atoms with Crippen molar-refractivity contribution < 1.29 is 9.18 Å². The van der Waals surface area contributed by atoms with Gasteiger partial charge in [0, 0.05) is 12.1 Å². The summed E-state index contributed by atoms with van der Waals surface area (Å²) >= 11 is 0. The van der Waals surface area contributed by atoms with Crippen LogP contribution in [0.5, 0.6) is 0 Å². The smallest absolute Gasteiger partial charge is 0.224 e. The van der Waals surface area contributed by atoms with E-state index in [2.05, 4.69) is 5.32 Å².